The molecule has 0 spiro atoms. The van der Waals surface area contributed by atoms with Crippen molar-refractivity contribution in [2.24, 2.45) is 0 Å². The van der Waals surface area contributed by atoms with E-state index in [-0.39, 0.29) is 12.2 Å². The van der Waals surface area contributed by atoms with Crippen molar-refractivity contribution >= 4 is 6.08 Å². The highest BCUT2D eigenvalue weighted by molar-refractivity contribution is 5.64. The summed E-state index contributed by atoms with van der Waals surface area (Å²) in [7, 11) is 0. The number of hydrogen-bond donors (Lipinski definition) is 0. The molecule has 31 heavy (non-hydrogen) atoms. The summed E-state index contributed by atoms with van der Waals surface area (Å²) in [6.07, 6.45) is -8.91. The molecular weight excluding hydrogens is 425 g/mol. The summed E-state index contributed by atoms with van der Waals surface area (Å²) in [6, 6.07) is 13.3. The molecule has 0 atom stereocenters. The van der Waals surface area contributed by atoms with Gasteiger partial charge in [0.15, 0.2) is 0 Å². The van der Waals surface area contributed by atoms with Crippen LogP contribution in [-0.2, 0) is 6.11 Å². The summed E-state index contributed by atoms with van der Waals surface area (Å²) < 4.78 is 97.9. The minimum atomic E-state index is -4.79. The molecule has 162 valence electrons. The van der Waals surface area contributed by atoms with E-state index in [9.17, 15) is 30.7 Å². The monoisotopic (exact) mass is 440 g/mol. The molecule has 3 rings (SSSR count). The smallest absolute Gasteiger partial charge is 0.426 e. The third-order valence-corrected chi connectivity index (χ3v) is 4.34. The van der Waals surface area contributed by atoms with Crippen molar-refractivity contribution < 1.29 is 35.5 Å². The lowest BCUT2D eigenvalue weighted by molar-refractivity contribution is -0.185. The first-order chi connectivity index (χ1) is 14.4. The summed E-state index contributed by atoms with van der Waals surface area (Å²) in [6.45, 7) is 1.91. The quantitative estimate of drug-likeness (QED) is 0.371. The van der Waals surface area contributed by atoms with Crippen molar-refractivity contribution in [3.8, 4) is 16.9 Å². The van der Waals surface area contributed by atoms with Crippen LogP contribution in [0.15, 0.2) is 66.7 Å². The van der Waals surface area contributed by atoms with Gasteiger partial charge in [-0.05, 0) is 36.3 Å². The predicted molar refractivity (Wildman–Crippen MR) is 103 cm³/mol. The van der Waals surface area contributed by atoms with Gasteiger partial charge in [-0.1, -0.05) is 42.0 Å². The van der Waals surface area contributed by atoms with Gasteiger partial charge in [0.05, 0.1) is 5.56 Å². The zero-order valence-electron chi connectivity index (χ0n) is 16.0. The number of ether oxygens (including phenoxy) is 1. The lowest BCUT2D eigenvalue weighted by atomic mass is 10.0. The first-order valence-electron chi connectivity index (χ1n) is 8.94. The van der Waals surface area contributed by atoms with Gasteiger partial charge in [-0.3, -0.25) is 0 Å². The van der Waals surface area contributed by atoms with E-state index in [1.54, 1.807) is 0 Å². The molecule has 0 saturated carbocycles. The first kappa shape index (κ1) is 22.4. The van der Waals surface area contributed by atoms with E-state index in [1.807, 2.05) is 31.2 Å². The third-order valence-electron chi connectivity index (χ3n) is 4.34. The number of hydrogen-bond acceptors (Lipinski definition) is 1. The second kappa shape index (κ2) is 8.45. The van der Waals surface area contributed by atoms with Gasteiger partial charge in [-0.25, -0.2) is 8.78 Å². The van der Waals surface area contributed by atoms with Crippen LogP contribution in [0.25, 0.3) is 17.2 Å². The van der Waals surface area contributed by atoms with Gasteiger partial charge in [-0.15, -0.1) is 0 Å². The van der Waals surface area contributed by atoms with Gasteiger partial charge in [0.25, 0.3) is 0 Å². The molecule has 0 unspecified atom stereocenters. The second-order valence-corrected chi connectivity index (χ2v) is 6.74. The van der Waals surface area contributed by atoms with Crippen molar-refractivity contribution in [3.63, 3.8) is 0 Å². The van der Waals surface area contributed by atoms with Crippen LogP contribution in [0.5, 0.6) is 5.75 Å². The number of aryl methyl sites for hydroxylation is 1. The summed E-state index contributed by atoms with van der Waals surface area (Å²) in [5, 5.41) is 0. The number of benzene rings is 3. The summed E-state index contributed by atoms with van der Waals surface area (Å²) in [5.41, 5.74) is 0.950. The molecule has 0 N–H and O–H groups in total. The zero-order valence-corrected chi connectivity index (χ0v) is 16.0. The van der Waals surface area contributed by atoms with Gasteiger partial charge in [0.1, 0.15) is 17.4 Å². The van der Waals surface area contributed by atoms with Crippen molar-refractivity contribution in [1.82, 2.24) is 0 Å². The molecule has 8 heteroatoms. The summed E-state index contributed by atoms with van der Waals surface area (Å²) in [4.78, 5) is 0. The van der Waals surface area contributed by atoms with Crippen molar-refractivity contribution in [2.75, 3.05) is 0 Å². The molecule has 3 aromatic rings. The third kappa shape index (κ3) is 5.65. The number of halogens is 7. The molecule has 0 aromatic heterocycles. The Bertz CT molecular complexity index is 1060. The Kier molecular flexibility index (Phi) is 6.10. The molecule has 0 aliphatic rings. The van der Waals surface area contributed by atoms with Crippen LogP contribution in [0, 0.1) is 18.6 Å². The largest absolute Gasteiger partial charge is 0.429 e. The second-order valence-electron chi connectivity index (χ2n) is 6.74. The molecule has 0 bridgehead atoms. The fraction of sp³-hybridized carbons (Fsp3) is 0.130. The first-order valence-corrected chi connectivity index (χ1v) is 8.94. The van der Waals surface area contributed by atoms with Crippen LogP contribution < -0.4 is 4.74 Å². The molecule has 0 saturated heterocycles. The Morgan fingerprint density at radius 1 is 0.742 bits per heavy atom. The molecule has 0 aliphatic carbocycles. The maximum atomic E-state index is 14.5. The van der Waals surface area contributed by atoms with E-state index < -0.39 is 40.8 Å². The minimum absolute atomic E-state index is 0.177. The fourth-order valence-corrected chi connectivity index (χ4v) is 2.77. The van der Waals surface area contributed by atoms with Crippen molar-refractivity contribution in [1.29, 1.82) is 0 Å². The highest BCUT2D eigenvalue weighted by Crippen LogP contribution is 2.34. The minimum Gasteiger partial charge on any atom is -0.429 e. The number of rotatable bonds is 5. The van der Waals surface area contributed by atoms with Crippen LogP contribution in [0.4, 0.5) is 30.7 Å². The Balaban J connectivity index is 1.81. The van der Waals surface area contributed by atoms with Crippen LogP contribution >= 0.6 is 0 Å². The van der Waals surface area contributed by atoms with Gasteiger partial charge in [0, 0.05) is 23.8 Å². The molecule has 3 aromatic carbocycles. The van der Waals surface area contributed by atoms with E-state index in [0.717, 1.165) is 23.3 Å². The van der Waals surface area contributed by atoms with Gasteiger partial charge < -0.3 is 4.74 Å². The van der Waals surface area contributed by atoms with Crippen LogP contribution in [0.1, 0.15) is 16.7 Å². The van der Waals surface area contributed by atoms with Crippen LogP contribution in [0.3, 0.4) is 0 Å². The molecule has 0 radical (unpaired) electrons. The van der Waals surface area contributed by atoms with Crippen molar-refractivity contribution in [3.05, 3.63) is 95.1 Å². The average Bonchev–Trinajstić information content (AvgIpc) is 2.67. The van der Waals surface area contributed by atoms with Gasteiger partial charge >= 0.3 is 12.3 Å². The highest BCUT2D eigenvalue weighted by Gasteiger charge is 2.35. The SMILES string of the molecule is Cc1ccc(-c2ccc(C(F)(F)Oc3cc(F)c(/C=C/C(F)(F)F)c(F)c3)cc2)cc1. The number of alkyl halides is 5. The van der Waals surface area contributed by atoms with Crippen LogP contribution in [0.2, 0.25) is 0 Å². The van der Waals surface area contributed by atoms with E-state index in [4.69, 9.17) is 0 Å². The Morgan fingerprint density at radius 2 is 1.23 bits per heavy atom. The van der Waals surface area contributed by atoms with E-state index in [0.29, 0.717) is 17.7 Å². The predicted octanol–water partition coefficient (Wildman–Crippen LogP) is 7.64. The van der Waals surface area contributed by atoms with Crippen LogP contribution in [-0.4, -0.2) is 6.18 Å². The molecule has 0 heterocycles. The highest BCUT2D eigenvalue weighted by atomic mass is 19.4. The van der Waals surface area contributed by atoms with E-state index >= 15 is 0 Å². The fourth-order valence-electron chi connectivity index (χ4n) is 2.77. The number of allylic oxidation sites excluding steroid dienone is 1. The Labute approximate surface area is 173 Å². The Morgan fingerprint density at radius 3 is 1.71 bits per heavy atom. The molecule has 0 fully saturated rings. The maximum Gasteiger partial charge on any atom is 0.426 e. The topological polar surface area (TPSA) is 9.23 Å². The lowest BCUT2D eigenvalue weighted by Gasteiger charge is -2.19. The molecule has 1 nitrogen and oxygen atoms in total. The van der Waals surface area contributed by atoms with Crippen molar-refractivity contribution in [2.45, 2.75) is 19.2 Å². The molecule has 0 aliphatic heterocycles. The van der Waals surface area contributed by atoms with Gasteiger partial charge in [-0.2, -0.15) is 22.0 Å². The van der Waals surface area contributed by atoms with E-state index in [1.165, 1.54) is 12.1 Å². The summed E-state index contributed by atoms with van der Waals surface area (Å²) >= 11 is 0. The standard InChI is InChI=1S/C23H15F7O/c1-14-2-4-15(5-3-14)16-6-8-17(9-7-16)23(29,30)31-18-12-20(24)19(21(25)13-18)10-11-22(26,27)28/h2-13H,1H3/b11-10+. The average molecular weight is 440 g/mol. The normalized spacial score (nSPS) is 12.4. The van der Waals surface area contributed by atoms with E-state index in [2.05, 4.69) is 4.74 Å². The Hall–Kier alpha value is -3.29. The lowest BCUT2D eigenvalue weighted by Crippen LogP contribution is -2.22. The molecular formula is C23H15F7O. The maximum absolute atomic E-state index is 14.5. The zero-order chi connectivity index (χ0) is 22.8. The van der Waals surface area contributed by atoms with Gasteiger partial charge in [0.2, 0.25) is 0 Å². The molecule has 0 amide bonds. The summed E-state index contributed by atoms with van der Waals surface area (Å²) in [5.74, 6) is -3.81.